The summed E-state index contributed by atoms with van der Waals surface area (Å²) >= 11 is 0. The fraction of sp³-hybridized carbons (Fsp3) is 0.579. The van der Waals surface area contributed by atoms with Gasteiger partial charge in [-0.25, -0.2) is 0 Å². The lowest BCUT2D eigenvalue weighted by molar-refractivity contribution is -0.120. The van der Waals surface area contributed by atoms with E-state index in [9.17, 15) is 9.59 Å². The molecule has 2 atom stereocenters. The number of hydrogen-bond donors (Lipinski definition) is 1. The Morgan fingerprint density at radius 2 is 2.04 bits per heavy atom. The molecule has 1 unspecified atom stereocenters. The third-order valence-electron chi connectivity index (χ3n) is 5.27. The number of carbonyl (C=O) groups excluding carboxylic acids is 2. The van der Waals surface area contributed by atoms with Crippen molar-refractivity contribution in [2.24, 2.45) is 0 Å². The number of benzene rings is 1. The molecule has 5 heteroatoms. The smallest absolute Gasteiger partial charge is 0.244 e. The van der Waals surface area contributed by atoms with Gasteiger partial charge < -0.3 is 10.2 Å². The lowest BCUT2D eigenvalue weighted by atomic mass is 10.00. The molecule has 2 aliphatic heterocycles. The molecule has 3 rings (SSSR count). The Bertz CT molecular complexity index is 660. The number of ketones is 1. The van der Waals surface area contributed by atoms with Crippen molar-refractivity contribution in [3.05, 3.63) is 29.3 Å². The number of amides is 1. The van der Waals surface area contributed by atoms with Crippen LogP contribution < -0.4 is 10.2 Å². The van der Waals surface area contributed by atoms with Gasteiger partial charge in [0.05, 0.1) is 14.1 Å². The van der Waals surface area contributed by atoms with Crippen LogP contribution in [0.25, 0.3) is 0 Å². The summed E-state index contributed by atoms with van der Waals surface area (Å²) in [6, 6.07) is 6.11. The van der Waals surface area contributed by atoms with Crippen molar-refractivity contribution in [3.8, 4) is 0 Å². The van der Waals surface area contributed by atoms with E-state index in [2.05, 4.69) is 31.0 Å². The molecular formula is C19H28N2O2Si. The number of nitrogens with zero attached hydrogens (tertiary/aromatic N) is 1. The first-order chi connectivity index (χ1) is 11.3. The molecule has 1 fully saturated rings. The second-order valence-corrected chi connectivity index (χ2v) is 13.5. The molecule has 0 spiro atoms. The van der Waals surface area contributed by atoms with Gasteiger partial charge in [0.25, 0.3) is 0 Å². The minimum Gasteiger partial charge on any atom is -0.310 e. The van der Waals surface area contributed by atoms with Crippen molar-refractivity contribution in [2.75, 3.05) is 18.0 Å². The van der Waals surface area contributed by atoms with E-state index in [0.717, 1.165) is 43.6 Å². The van der Waals surface area contributed by atoms with Crippen molar-refractivity contribution in [3.63, 3.8) is 0 Å². The molecule has 0 aromatic heterocycles. The highest BCUT2D eigenvalue weighted by Gasteiger charge is 2.37. The van der Waals surface area contributed by atoms with Crippen LogP contribution in [-0.2, 0) is 16.0 Å². The molecule has 0 aliphatic carbocycles. The van der Waals surface area contributed by atoms with E-state index in [1.54, 1.807) is 6.92 Å². The lowest BCUT2D eigenvalue weighted by Gasteiger charge is -2.29. The number of fused-ring (bicyclic) bond motifs is 1. The summed E-state index contributed by atoms with van der Waals surface area (Å²) in [4.78, 5) is 27.1. The molecule has 130 valence electrons. The summed E-state index contributed by atoms with van der Waals surface area (Å²) < 4.78 is 0. The van der Waals surface area contributed by atoms with Gasteiger partial charge in [0, 0.05) is 17.8 Å². The molecule has 2 aliphatic rings. The quantitative estimate of drug-likeness (QED) is 0.855. The Hall–Kier alpha value is -1.46. The maximum atomic E-state index is 12.8. The first-order valence-corrected chi connectivity index (χ1v) is 12.6. The maximum Gasteiger partial charge on any atom is 0.244 e. The van der Waals surface area contributed by atoms with Crippen molar-refractivity contribution in [1.82, 2.24) is 5.32 Å². The molecule has 1 aromatic rings. The number of hydrogen-bond acceptors (Lipinski definition) is 3. The second kappa shape index (κ2) is 6.45. The van der Waals surface area contributed by atoms with Crippen molar-refractivity contribution in [2.45, 2.75) is 57.4 Å². The van der Waals surface area contributed by atoms with Crippen LogP contribution >= 0.6 is 0 Å². The standard InChI is InChI=1S/C19H28N2O2Si/c1-13(22)18(24(2,3)4)15-7-5-9-17-14(15)10-12-21(17)19(23)16-8-6-11-20-16/h5,7,9,16,18,20H,6,8,10-12H2,1-4H3/t16-,18?/m0/s1. The Morgan fingerprint density at radius 1 is 1.29 bits per heavy atom. The normalized spacial score (nSPS) is 21.7. The highest BCUT2D eigenvalue weighted by atomic mass is 28.3. The fourth-order valence-electron chi connectivity index (χ4n) is 4.34. The van der Waals surface area contributed by atoms with Gasteiger partial charge in [0.2, 0.25) is 5.91 Å². The fourth-order valence-corrected chi connectivity index (χ4v) is 6.76. The van der Waals surface area contributed by atoms with Crippen molar-refractivity contribution >= 4 is 25.5 Å². The topological polar surface area (TPSA) is 49.4 Å². The molecule has 4 nitrogen and oxygen atoms in total. The third kappa shape index (κ3) is 3.07. The molecule has 0 saturated carbocycles. The summed E-state index contributed by atoms with van der Waals surface area (Å²) in [5.41, 5.74) is 3.41. The van der Waals surface area contributed by atoms with Gasteiger partial charge in [-0.1, -0.05) is 31.8 Å². The van der Waals surface area contributed by atoms with Crippen LogP contribution in [-0.4, -0.2) is 38.9 Å². The van der Waals surface area contributed by atoms with E-state index in [4.69, 9.17) is 0 Å². The Labute approximate surface area is 145 Å². The van der Waals surface area contributed by atoms with Gasteiger partial charge in [0.1, 0.15) is 5.78 Å². The van der Waals surface area contributed by atoms with Crippen molar-refractivity contribution in [1.29, 1.82) is 0 Å². The minimum absolute atomic E-state index is 0.00658. The maximum absolute atomic E-state index is 12.8. The molecule has 1 saturated heterocycles. The zero-order valence-corrected chi connectivity index (χ0v) is 16.2. The first kappa shape index (κ1) is 17.4. The Balaban J connectivity index is 1.97. The van der Waals surface area contributed by atoms with Gasteiger partial charge in [0.15, 0.2) is 0 Å². The van der Waals surface area contributed by atoms with Crippen LogP contribution in [0.3, 0.4) is 0 Å². The molecular weight excluding hydrogens is 316 g/mol. The number of nitrogens with one attached hydrogen (secondary N) is 1. The molecule has 0 bridgehead atoms. The number of carbonyl (C=O) groups is 2. The van der Waals surface area contributed by atoms with Crippen LogP contribution in [0.4, 0.5) is 5.69 Å². The zero-order valence-electron chi connectivity index (χ0n) is 15.2. The monoisotopic (exact) mass is 344 g/mol. The highest BCUT2D eigenvalue weighted by molar-refractivity contribution is 6.80. The third-order valence-corrected chi connectivity index (χ3v) is 7.72. The molecule has 1 aromatic carbocycles. The highest BCUT2D eigenvalue weighted by Crippen LogP contribution is 2.38. The predicted octanol–water partition coefficient (Wildman–Crippen LogP) is 2.88. The van der Waals surface area contributed by atoms with Gasteiger partial charge in [-0.05, 0) is 49.9 Å². The molecule has 24 heavy (non-hydrogen) atoms. The Kier molecular flexibility index (Phi) is 4.66. The number of rotatable bonds is 4. The van der Waals surface area contributed by atoms with E-state index >= 15 is 0 Å². The van der Waals surface area contributed by atoms with Gasteiger partial charge in [-0.2, -0.15) is 0 Å². The Morgan fingerprint density at radius 3 is 2.62 bits per heavy atom. The zero-order chi connectivity index (χ0) is 17.5. The van der Waals surface area contributed by atoms with Crippen LogP contribution in [0.5, 0.6) is 0 Å². The minimum atomic E-state index is -1.67. The number of Topliss-reactive ketones (excluding diaryl/α,β-unsaturated/α-hetero) is 1. The van der Waals surface area contributed by atoms with Crippen LogP contribution in [0, 0.1) is 0 Å². The van der Waals surface area contributed by atoms with E-state index in [1.165, 1.54) is 5.56 Å². The van der Waals surface area contributed by atoms with Gasteiger partial charge in [-0.3, -0.25) is 9.59 Å². The first-order valence-electron chi connectivity index (χ1n) is 8.97. The van der Waals surface area contributed by atoms with E-state index < -0.39 is 8.07 Å². The summed E-state index contributed by atoms with van der Waals surface area (Å²) in [6.45, 7) is 10.1. The predicted molar refractivity (Wildman–Crippen MR) is 100 cm³/mol. The van der Waals surface area contributed by atoms with E-state index in [0.29, 0.717) is 0 Å². The molecule has 2 heterocycles. The average Bonchev–Trinajstić information content (AvgIpc) is 3.15. The number of anilines is 1. The van der Waals surface area contributed by atoms with E-state index in [1.807, 2.05) is 17.0 Å². The average molecular weight is 345 g/mol. The van der Waals surface area contributed by atoms with Crippen molar-refractivity contribution < 1.29 is 9.59 Å². The summed E-state index contributed by atoms with van der Waals surface area (Å²) in [5, 5.41) is 3.31. The lowest BCUT2D eigenvalue weighted by Crippen LogP contribution is -2.43. The summed E-state index contributed by atoms with van der Waals surface area (Å²) in [7, 11) is -1.67. The van der Waals surface area contributed by atoms with E-state index in [-0.39, 0.29) is 23.3 Å². The SMILES string of the molecule is CC(=O)C(c1cccc2c1CCN2C(=O)[C@@H]1CCCN1)[Si](C)(C)C. The van der Waals surface area contributed by atoms with Gasteiger partial charge >= 0.3 is 0 Å². The van der Waals surface area contributed by atoms with Crippen LogP contribution in [0.2, 0.25) is 19.6 Å². The van der Waals surface area contributed by atoms with Crippen LogP contribution in [0.1, 0.15) is 36.4 Å². The second-order valence-electron chi connectivity index (χ2n) is 8.14. The summed E-state index contributed by atoms with van der Waals surface area (Å²) in [5.74, 6) is 0.445. The summed E-state index contributed by atoms with van der Waals surface area (Å²) in [6.07, 6.45) is 2.85. The van der Waals surface area contributed by atoms with Crippen LogP contribution in [0.15, 0.2) is 18.2 Å². The molecule has 0 radical (unpaired) electrons. The molecule has 1 amide bonds. The molecule has 1 N–H and O–H groups in total. The van der Waals surface area contributed by atoms with Gasteiger partial charge in [-0.15, -0.1) is 0 Å². The largest absolute Gasteiger partial charge is 0.310 e.